The third kappa shape index (κ3) is 3.48. The van der Waals surface area contributed by atoms with Crippen molar-refractivity contribution in [1.29, 1.82) is 0 Å². The molecule has 2 aromatic rings. The maximum absolute atomic E-state index is 12.8. The summed E-state index contributed by atoms with van der Waals surface area (Å²) in [5.41, 5.74) is 1.32. The molecule has 0 spiro atoms. The van der Waals surface area contributed by atoms with E-state index in [0.717, 1.165) is 0 Å². The zero-order valence-electron chi connectivity index (χ0n) is 12.6. The van der Waals surface area contributed by atoms with Gasteiger partial charge in [0.15, 0.2) is 5.65 Å². The fourth-order valence-electron chi connectivity index (χ4n) is 3.29. The number of nitrogens with two attached hydrogens (primary N) is 1. The van der Waals surface area contributed by atoms with E-state index >= 15 is 0 Å². The van der Waals surface area contributed by atoms with Gasteiger partial charge in [-0.05, 0) is 6.42 Å². The van der Waals surface area contributed by atoms with Gasteiger partial charge < -0.3 is 15.4 Å². The second-order valence-corrected chi connectivity index (χ2v) is 6.38. The number of fused-ring (bicyclic) bond motifs is 1. The zero-order chi connectivity index (χ0) is 18.7. The number of nitrogens with zero attached hydrogens (tertiary/aromatic N) is 4. The highest BCUT2D eigenvalue weighted by Crippen LogP contribution is 2.66. The van der Waals surface area contributed by atoms with Crippen LogP contribution in [0.15, 0.2) is 12.5 Å². The van der Waals surface area contributed by atoms with Gasteiger partial charge in [0.2, 0.25) is 5.95 Å². The van der Waals surface area contributed by atoms with Crippen molar-refractivity contribution in [2.45, 2.75) is 43.8 Å². The van der Waals surface area contributed by atoms with E-state index in [-0.39, 0.29) is 17.1 Å². The molecule has 12 heteroatoms. The lowest BCUT2D eigenvalue weighted by atomic mass is 9.92. The van der Waals surface area contributed by atoms with E-state index in [1.54, 1.807) is 0 Å². The zero-order valence-corrected chi connectivity index (χ0v) is 12.6. The minimum Gasteiger partial charge on any atom is -0.387 e. The Morgan fingerprint density at radius 2 is 1.72 bits per heavy atom. The largest absolute Gasteiger partial charge is 0.389 e. The van der Waals surface area contributed by atoms with Gasteiger partial charge in [-0.2, -0.15) is 31.3 Å². The molecule has 1 unspecified atom stereocenters. The third-order valence-corrected chi connectivity index (χ3v) is 4.38. The fraction of sp³-hybridized carbons (Fsp3) is 0.615. The highest BCUT2D eigenvalue weighted by molar-refractivity contribution is 5.70. The smallest absolute Gasteiger partial charge is 0.387 e. The van der Waals surface area contributed by atoms with Gasteiger partial charge in [-0.25, -0.2) is 9.97 Å². The molecule has 1 fully saturated rings. The molecule has 0 amide bonds. The molecule has 2 heterocycles. The Kier molecular flexibility index (Phi) is 3.68. The molecule has 138 valence electrons. The van der Waals surface area contributed by atoms with Crippen molar-refractivity contribution >= 4 is 17.1 Å². The van der Waals surface area contributed by atoms with Crippen molar-refractivity contribution in [2.24, 2.45) is 5.41 Å². The molecule has 0 bridgehead atoms. The molecular formula is C13H13F6N5O. The minimum absolute atomic E-state index is 0.126. The number of imidazole rings is 1. The molecule has 2 aromatic heterocycles. The Morgan fingerprint density at radius 3 is 2.28 bits per heavy atom. The molecule has 0 radical (unpaired) electrons. The molecule has 0 saturated heterocycles. The first-order valence-corrected chi connectivity index (χ1v) is 7.12. The number of aromatic nitrogens is 4. The van der Waals surface area contributed by atoms with Crippen LogP contribution in [-0.4, -0.2) is 42.6 Å². The Bertz CT molecular complexity index is 784. The summed E-state index contributed by atoms with van der Waals surface area (Å²) in [5.74, 6) is -0.131. The first kappa shape index (κ1) is 17.7. The molecule has 0 aromatic carbocycles. The number of halogens is 6. The highest BCUT2D eigenvalue weighted by Gasteiger charge is 2.72. The number of rotatable bonds is 4. The first-order chi connectivity index (χ1) is 11.3. The van der Waals surface area contributed by atoms with Crippen molar-refractivity contribution in [3.8, 4) is 0 Å². The van der Waals surface area contributed by atoms with Gasteiger partial charge >= 0.3 is 12.4 Å². The lowest BCUT2D eigenvalue weighted by Gasteiger charge is -2.24. The van der Waals surface area contributed by atoms with Gasteiger partial charge in [0.25, 0.3) is 0 Å². The third-order valence-electron chi connectivity index (χ3n) is 4.38. The van der Waals surface area contributed by atoms with Crippen LogP contribution in [0.2, 0.25) is 0 Å². The van der Waals surface area contributed by atoms with E-state index in [2.05, 4.69) is 15.0 Å². The summed E-state index contributed by atoms with van der Waals surface area (Å²) in [6.45, 7) is -0.508. The van der Waals surface area contributed by atoms with Crippen LogP contribution in [0.25, 0.3) is 11.2 Å². The average molecular weight is 369 g/mol. The van der Waals surface area contributed by atoms with Gasteiger partial charge in [0.05, 0.1) is 37.5 Å². The van der Waals surface area contributed by atoms with Gasteiger partial charge in [-0.15, -0.1) is 0 Å². The van der Waals surface area contributed by atoms with Crippen LogP contribution in [0.3, 0.4) is 0 Å². The molecule has 3 rings (SSSR count). The van der Waals surface area contributed by atoms with Crippen molar-refractivity contribution in [2.75, 3.05) is 5.73 Å². The molecule has 3 N–H and O–H groups in total. The highest BCUT2D eigenvalue weighted by atomic mass is 19.4. The summed E-state index contributed by atoms with van der Waals surface area (Å²) in [7, 11) is 0. The quantitative estimate of drug-likeness (QED) is 0.808. The van der Waals surface area contributed by atoms with E-state index in [9.17, 15) is 31.4 Å². The lowest BCUT2D eigenvalue weighted by Crippen LogP contribution is -2.33. The van der Waals surface area contributed by atoms with E-state index in [4.69, 9.17) is 5.73 Å². The van der Waals surface area contributed by atoms with Crippen molar-refractivity contribution in [3.05, 3.63) is 12.5 Å². The number of aliphatic hydroxyl groups is 1. The number of anilines is 1. The summed E-state index contributed by atoms with van der Waals surface area (Å²) in [6.07, 6.45) is -11.3. The van der Waals surface area contributed by atoms with Crippen LogP contribution < -0.4 is 5.73 Å². The van der Waals surface area contributed by atoms with Gasteiger partial charge in [-0.1, -0.05) is 0 Å². The van der Waals surface area contributed by atoms with E-state index in [1.807, 2.05) is 0 Å². The predicted molar refractivity (Wildman–Crippen MR) is 73.1 cm³/mol. The number of hydrogen-bond donors (Lipinski definition) is 2. The molecule has 1 aliphatic carbocycles. The van der Waals surface area contributed by atoms with Gasteiger partial charge in [0, 0.05) is 5.41 Å². The summed E-state index contributed by atoms with van der Waals surface area (Å²) < 4.78 is 77.7. The van der Waals surface area contributed by atoms with Crippen LogP contribution >= 0.6 is 0 Å². The first-order valence-electron chi connectivity index (χ1n) is 7.12. The van der Waals surface area contributed by atoms with Crippen molar-refractivity contribution in [1.82, 2.24) is 19.5 Å². The lowest BCUT2D eigenvalue weighted by molar-refractivity contribution is -0.188. The summed E-state index contributed by atoms with van der Waals surface area (Å²) in [4.78, 5) is 11.4. The Labute approximate surface area is 136 Å². The number of hydrogen-bond acceptors (Lipinski definition) is 5. The predicted octanol–water partition coefficient (Wildman–Crippen LogP) is 2.43. The van der Waals surface area contributed by atoms with Crippen LogP contribution in [0, 0.1) is 5.41 Å². The molecule has 1 aliphatic rings. The Hall–Kier alpha value is -2.11. The molecular weight excluding hydrogens is 356 g/mol. The molecule has 1 atom stereocenters. The van der Waals surface area contributed by atoms with Crippen LogP contribution in [-0.2, 0) is 6.54 Å². The van der Waals surface area contributed by atoms with Crippen LogP contribution in [0.5, 0.6) is 0 Å². The standard InChI is InChI=1S/C13H13F6N5O/c14-12(15,16)3-10(4-13(17,18)19)2-11(10,25)5-24-6-22-7-1-21-9(20)23-8(7)24/h1,6,25H,2-5H2,(H2,20,21,23). The average Bonchev–Trinajstić information content (AvgIpc) is 2.73. The Balaban J connectivity index is 1.91. The summed E-state index contributed by atoms with van der Waals surface area (Å²) in [6, 6.07) is 0. The minimum atomic E-state index is -4.83. The normalized spacial score (nSPS) is 23.2. The summed E-state index contributed by atoms with van der Waals surface area (Å²) in [5, 5.41) is 10.4. The summed E-state index contributed by atoms with van der Waals surface area (Å²) >= 11 is 0. The second kappa shape index (κ2) is 5.19. The topological polar surface area (TPSA) is 89.8 Å². The van der Waals surface area contributed by atoms with Crippen LogP contribution in [0.4, 0.5) is 32.3 Å². The monoisotopic (exact) mass is 369 g/mol. The van der Waals surface area contributed by atoms with E-state index in [0.29, 0.717) is 0 Å². The second-order valence-electron chi connectivity index (χ2n) is 6.38. The van der Waals surface area contributed by atoms with Crippen LogP contribution in [0.1, 0.15) is 19.3 Å². The van der Waals surface area contributed by atoms with Gasteiger partial charge in [-0.3, -0.25) is 0 Å². The molecule has 0 aliphatic heterocycles. The van der Waals surface area contributed by atoms with Crippen molar-refractivity contribution in [3.63, 3.8) is 0 Å². The molecule has 1 saturated carbocycles. The van der Waals surface area contributed by atoms with Gasteiger partial charge in [0.1, 0.15) is 5.52 Å². The number of nitrogen functional groups attached to an aromatic ring is 1. The maximum atomic E-state index is 12.8. The SMILES string of the molecule is Nc1ncc2ncn(CC3(O)CC3(CC(F)(F)F)CC(F)(F)F)c2n1. The van der Waals surface area contributed by atoms with Crippen molar-refractivity contribution < 1.29 is 31.4 Å². The van der Waals surface area contributed by atoms with E-state index in [1.165, 1.54) is 17.1 Å². The molecule has 6 nitrogen and oxygen atoms in total. The maximum Gasteiger partial charge on any atom is 0.389 e. The fourth-order valence-corrected chi connectivity index (χ4v) is 3.29. The number of alkyl halides is 6. The van der Waals surface area contributed by atoms with E-state index < -0.39 is 49.2 Å². The molecule has 25 heavy (non-hydrogen) atoms. The Morgan fingerprint density at radius 1 is 1.12 bits per heavy atom.